The Balaban J connectivity index is 1.97. The predicted octanol–water partition coefficient (Wildman–Crippen LogP) is 3.50. The summed E-state index contributed by atoms with van der Waals surface area (Å²) >= 11 is 1.51. The van der Waals surface area contributed by atoms with E-state index >= 15 is 0 Å². The molecule has 3 nitrogen and oxygen atoms in total. The highest BCUT2D eigenvalue weighted by molar-refractivity contribution is 7.83. The minimum absolute atomic E-state index is 0.0824. The molecular weight excluding hydrogens is 304 g/mol. The Morgan fingerprint density at radius 3 is 2.85 bits per heavy atom. The lowest BCUT2D eigenvalue weighted by atomic mass is 10.2. The van der Waals surface area contributed by atoms with Crippen molar-refractivity contribution in [2.45, 2.75) is 25.0 Å². The van der Waals surface area contributed by atoms with Crippen LogP contribution >= 0.6 is 11.3 Å². The topological polar surface area (TPSA) is 39.2 Å². The van der Waals surface area contributed by atoms with Crippen LogP contribution in [0.4, 0.5) is 8.78 Å². The number of aromatic nitrogens is 1. The van der Waals surface area contributed by atoms with Crippen LogP contribution in [0.25, 0.3) is 0 Å². The van der Waals surface area contributed by atoms with Gasteiger partial charge in [-0.3, -0.25) is 4.21 Å². The molecule has 0 unspecified atom stereocenters. The van der Waals surface area contributed by atoms with E-state index in [9.17, 15) is 13.0 Å². The summed E-state index contributed by atoms with van der Waals surface area (Å²) in [7, 11) is -1.13. The van der Waals surface area contributed by atoms with E-state index in [2.05, 4.69) is 9.72 Å². The molecule has 1 heterocycles. The van der Waals surface area contributed by atoms with E-state index in [0.29, 0.717) is 11.3 Å². The fraction of sp³-hybridized carbons (Fsp3) is 0.308. The number of benzene rings is 1. The zero-order valence-electron chi connectivity index (χ0n) is 10.7. The van der Waals surface area contributed by atoms with Crippen molar-refractivity contribution in [2.75, 3.05) is 0 Å². The van der Waals surface area contributed by atoms with Crippen LogP contribution in [0.2, 0.25) is 0 Å². The predicted molar refractivity (Wildman–Crippen MR) is 75.5 cm³/mol. The van der Waals surface area contributed by atoms with Gasteiger partial charge in [-0.25, -0.2) is 4.98 Å². The van der Waals surface area contributed by atoms with Crippen LogP contribution in [-0.4, -0.2) is 15.8 Å². The molecule has 0 spiro atoms. The average molecular weight is 317 g/mol. The lowest BCUT2D eigenvalue weighted by Crippen LogP contribution is -2.03. The third kappa shape index (κ3) is 4.64. The number of aryl methyl sites for hydroxylation is 1. The van der Waals surface area contributed by atoms with Gasteiger partial charge in [0.15, 0.2) is 0 Å². The van der Waals surface area contributed by atoms with Gasteiger partial charge in [-0.2, -0.15) is 8.78 Å². The monoisotopic (exact) mass is 317 g/mol. The van der Waals surface area contributed by atoms with Gasteiger partial charge >= 0.3 is 6.61 Å². The number of nitrogens with zero attached hydrogens (tertiary/aromatic N) is 1. The molecule has 0 radical (unpaired) electrons. The molecular formula is C13H13F2NO2S2. The zero-order valence-corrected chi connectivity index (χ0v) is 12.3. The van der Waals surface area contributed by atoms with Crippen molar-refractivity contribution < 1.29 is 17.7 Å². The van der Waals surface area contributed by atoms with Gasteiger partial charge in [-0.1, -0.05) is 12.1 Å². The standard InChI is InChI=1S/C13H13F2NO2S2/c1-9-16-11(6-19-9)8-20(17)7-10-3-2-4-12(5-10)18-13(14)15/h2-6,13H,7-8H2,1H3/t20-/m0/s1. The first-order valence-electron chi connectivity index (χ1n) is 5.82. The van der Waals surface area contributed by atoms with Crippen molar-refractivity contribution >= 4 is 22.1 Å². The number of rotatable bonds is 6. The van der Waals surface area contributed by atoms with Gasteiger partial charge in [-0.05, 0) is 24.6 Å². The van der Waals surface area contributed by atoms with Gasteiger partial charge in [0.1, 0.15) is 5.75 Å². The van der Waals surface area contributed by atoms with Crippen LogP contribution in [0.1, 0.15) is 16.3 Å². The molecule has 108 valence electrons. The molecule has 0 amide bonds. The molecule has 0 N–H and O–H groups in total. The van der Waals surface area contributed by atoms with E-state index in [-0.39, 0.29) is 11.5 Å². The summed E-state index contributed by atoms with van der Waals surface area (Å²) in [4.78, 5) is 4.25. The molecule has 0 saturated carbocycles. The molecule has 0 saturated heterocycles. The van der Waals surface area contributed by atoms with Gasteiger partial charge in [0.25, 0.3) is 0 Å². The normalized spacial score (nSPS) is 12.6. The van der Waals surface area contributed by atoms with Gasteiger partial charge in [0, 0.05) is 21.9 Å². The van der Waals surface area contributed by atoms with Crippen LogP contribution in [0.5, 0.6) is 5.75 Å². The summed E-state index contributed by atoms with van der Waals surface area (Å²) < 4.78 is 40.6. The molecule has 0 aliphatic heterocycles. The highest BCUT2D eigenvalue weighted by Crippen LogP contribution is 2.18. The fourth-order valence-corrected chi connectivity index (χ4v) is 3.54. The maximum absolute atomic E-state index is 12.1. The highest BCUT2D eigenvalue weighted by atomic mass is 32.2. The number of alkyl halides is 2. The summed E-state index contributed by atoms with van der Waals surface area (Å²) in [6.07, 6.45) is 0. The molecule has 0 bridgehead atoms. The minimum atomic E-state index is -2.85. The van der Waals surface area contributed by atoms with Gasteiger partial charge in [0.05, 0.1) is 16.5 Å². The maximum atomic E-state index is 12.1. The molecule has 7 heteroatoms. The first-order valence-corrected chi connectivity index (χ1v) is 8.19. The van der Waals surface area contributed by atoms with E-state index in [0.717, 1.165) is 10.7 Å². The summed E-state index contributed by atoms with van der Waals surface area (Å²) in [6.45, 7) is -0.962. The van der Waals surface area contributed by atoms with E-state index in [4.69, 9.17) is 0 Å². The third-order valence-corrected chi connectivity index (χ3v) is 4.52. The second-order valence-electron chi connectivity index (χ2n) is 4.11. The van der Waals surface area contributed by atoms with Crippen LogP contribution in [-0.2, 0) is 22.3 Å². The van der Waals surface area contributed by atoms with Crippen molar-refractivity contribution in [2.24, 2.45) is 0 Å². The van der Waals surface area contributed by atoms with Gasteiger partial charge < -0.3 is 4.74 Å². The molecule has 2 rings (SSSR count). The Hall–Kier alpha value is -1.34. The molecule has 20 heavy (non-hydrogen) atoms. The van der Waals surface area contributed by atoms with E-state index < -0.39 is 17.4 Å². The largest absolute Gasteiger partial charge is 0.435 e. The second-order valence-corrected chi connectivity index (χ2v) is 6.63. The zero-order chi connectivity index (χ0) is 14.5. The molecule has 1 aromatic heterocycles. The van der Waals surface area contributed by atoms with Crippen molar-refractivity contribution in [3.8, 4) is 5.75 Å². The molecule has 0 fully saturated rings. The number of thiazole rings is 1. The maximum Gasteiger partial charge on any atom is 0.387 e. The molecule has 2 aromatic rings. The first kappa shape index (κ1) is 15.1. The smallest absolute Gasteiger partial charge is 0.387 e. The van der Waals surface area contributed by atoms with E-state index in [1.54, 1.807) is 12.1 Å². The summed E-state index contributed by atoms with van der Waals surface area (Å²) in [6, 6.07) is 6.28. The number of ether oxygens (including phenoxy) is 1. The number of halogens is 2. The summed E-state index contributed by atoms with van der Waals surface area (Å²) in [5.74, 6) is 0.736. The summed E-state index contributed by atoms with van der Waals surface area (Å²) in [5, 5.41) is 2.81. The highest BCUT2D eigenvalue weighted by Gasteiger charge is 2.08. The van der Waals surface area contributed by atoms with Crippen LogP contribution < -0.4 is 4.74 Å². The summed E-state index contributed by atoms with van der Waals surface area (Å²) in [5.41, 5.74) is 1.50. The number of hydrogen-bond acceptors (Lipinski definition) is 4. The van der Waals surface area contributed by atoms with Crippen molar-refractivity contribution in [3.63, 3.8) is 0 Å². The van der Waals surface area contributed by atoms with Gasteiger partial charge in [0.2, 0.25) is 0 Å². The molecule has 0 aliphatic rings. The molecule has 1 atom stereocenters. The second kappa shape index (κ2) is 6.90. The lowest BCUT2D eigenvalue weighted by molar-refractivity contribution is -0.0498. The SMILES string of the molecule is Cc1nc(C[S@@](=O)Cc2cccc(OC(F)F)c2)cs1. The molecule has 0 aliphatic carbocycles. The lowest BCUT2D eigenvalue weighted by Gasteiger charge is -2.06. The first-order chi connectivity index (χ1) is 9.52. The average Bonchev–Trinajstić information content (AvgIpc) is 2.74. The Labute approximate surface area is 122 Å². The van der Waals surface area contributed by atoms with Crippen LogP contribution in [0.15, 0.2) is 29.6 Å². The Morgan fingerprint density at radius 1 is 1.40 bits per heavy atom. The van der Waals surface area contributed by atoms with E-state index in [1.165, 1.54) is 23.5 Å². The quantitative estimate of drug-likeness (QED) is 0.818. The molecule has 1 aromatic carbocycles. The Bertz CT molecular complexity index is 602. The Morgan fingerprint density at radius 2 is 2.20 bits per heavy atom. The fourth-order valence-electron chi connectivity index (χ4n) is 1.69. The number of hydrogen-bond donors (Lipinski definition) is 0. The minimum Gasteiger partial charge on any atom is -0.435 e. The van der Waals surface area contributed by atoms with Gasteiger partial charge in [-0.15, -0.1) is 11.3 Å². The van der Waals surface area contributed by atoms with Crippen molar-refractivity contribution in [1.29, 1.82) is 0 Å². The van der Waals surface area contributed by atoms with Crippen LogP contribution in [0, 0.1) is 6.92 Å². The van der Waals surface area contributed by atoms with Crippen LogP contribution in [0.3, 0.4) is 0 Å². The third-order valence-electron chi connectivity index (χ3n) is 2.43. The van der Waals surface area contributed by atoms with Crippen molar-refractivity contribution in [3.05, 3.63) is 45.9 Å². The Kier molecular flexibility index (Phi) is 5.19. The van der Waals surface area contributed by atoms with E-state index in [1.807, 2.05) is 12.3 Å². The van der Waals surface area contributed by atoms with Crippen molar-refractivity contribution in [1.82, 2.24) is 4.98 Å².